The second-order valence-corrected chi connectivity index (χ2v) is 12.2. The number of imide groups is 1. The van der Waals surface area contributed by atoms with E-state index in [-0.39, 0.29) is 33.9 Å². The number of carbonyl (C=O) groups is 3. The van der Waals surface area contributed by atoms with Gasteiger partial charge in [0.1, 0.15) is 15.6 Å². The predicted octanol–water partition coefficient (Wildman–Crippen LogP) is 4.43. The number of rotatable bonds is 14. The van der Waals surface area contributed by atoms with Crippen LogP contribution < -0.4 is 10.5 Å². The van der Waals surface area contributed by atoms with E-state index in [4.69, 9.17) is 4.42 Å². The van der Waals surface area contributed by atoms with Gasteiger partial charge in [-0.15, -0.1) is 11.3 Å². The summed E-state index contributed by atoms with van der Waals surface area (Å²) in [5.41, 5.74) is 0.927. The molecule has 212 valence electrons. The highest BCUT2D eigenvalue weighted by Crippen LogP contribution is 2.31. The molecule has 2 amide bonds. The molecule has 0 atom stereocenters. The zero-order valence-electron chi connectivity index (χ0n) is 22.0. The maximum Gasteiger partial charge on any atom is 0.345 e. The Morgan fingerprint density at radius 2 is 1.70 bits per heavy atom. The Balaban J connectivity index is 1.27. The standard InChI is InChI=1S/C28H30N2O8S2/c1-2-29(15-5-3-4-7-21(31)8-6-16-30-25(32)12-13-26(30)33)20-10-9-19-17-22(28(34)38-23(19)18-20)24-11-14-27(39-24)40(35,36)37/h9-14,17-18H,2-8,15-16H2,1H3,(H,35,36,37). The van der Waals surface area contributed by atoms with Crippen molar-refractivity contribution in [2.75, 3.05) is 24.5 Å². The van der Waals surface area contributed by atoms with Gasteiger partial charge < -0.3 is 9.32 Å². The first-order valence-electron chi connectivity index (χ1n) is 13.0. The first-order chi connectivity index (χ1) is 19.1. The van der Waals surface area contributed by atoms with E-state index in [0.29, 0.717) is 35.1 Å². The monoisotopic (exact) mass is 586 g/mol. The molecule has 0 saturated carbocycles. The molecule has 0 saturated heterocycles. The molecule has 10 nitrogen and oxygen atoms in total. The third-order valence-corrected chi connectivity index (χ3v) is 9.13. The molecule has 0 unspecified atom stereocenters. The lowest BCUT2D eigenvalue weighted by Gasteiger charge is -2.23. The number of unbranched alkanes of at least 4 members (excludes halogenated alkanes) is 2. The van der Waals surface area contributed by atoms with Crippen LogP contribution in [0.25, 0.3) is 21.4 Å². The first kappa shape index (κ1) is 29.4. The van der Waals surface area contributed by atoms with Crippen LogP contribution in [0.2, 0.25) is 0 Å². The van der Waals surface area contributed by atoms with E-state index in [9.17, 15) is 32.1 Å². The molecule has 1 aliphatic rings. The third-order valence-electron chi connectivity index (χ3n) is 6.69. The van der Waals surface area contributed by atoms with Gasteiger partial charge in [-0.05, 0) is 56.5 Å². The van der Waals surface area contributed by atoms with Crippen molar-refractivity contribution in [3.05, 3.63) is 59.0 Å². The summed E-state index contributed by atoms with van der Waals surface area (Å²) in [6, 6.07) is 9.93. The molecule has 1 aliphatic heterocycles. The van der Waals surface area contributed by atoms with Crippen LogP contribution in [-0.4, -0.2) is 55.1 Å². The average Bonchev–Trinajstić information content (AvgIpc) is 3.53. The van der Waals surface area contributed by atoms with E-state index in [1.54, 1.807) is 12.1 Å². The fraction of sp³-hybridized carbons (Fsp3) is 0.357. The molecule has 1 aromatic carbocycles. The molecule has 0 fully saturated rings. The quantitative estimate of drug-likeness (QED) is 0.126. The van der Waals surface area contributed by atoms with Gasteiger partial charge in [0.15, 0.2) is 0 Å². The van der Waals surface area contributed by atoms with Crippen molar-refractivity contribution in [2.45, 2.75) is 49.7 Å². The minimum absolute atomic E-state index is 0.125. The number of benzene rings is 1. The van der Waals surface area contributed by atoms with Crippen molar-refractivity contribution in [2.24, 2.45) is 0 Å². The minimum Gasteiger partial charge on any atom is -0.422 e. The predicted molar refractivity (Wildman–Crippen MR) is 152 cm³/mol. The molecule has 0 bridgehead atoms. The highest BCUT2D eigenvalue weighted by Gasteiger charge is 2.22. The van der Waals surface area contributed by atoms with Crippen LogP contribution in [0.3, 0.4) is 0 Å². The van der Waals surface area contributed by atoms with E-state index in [0.717, 1.165) is 54.3 Å². The summed E-state index contributed by atoms with van der Waals surface area (Å²) in [7, 11) is -4.35. The molecule has 4 rings (SSSR count). The maximum atomic E-state index is 12.7. The summed E-state index contributed by atoms with van der Waals surface area (Å²) in [5.74, 6) is -0.530. The van der Waals surface area contributed by atoms with Crippen LogP contribution in [0.5, 0.6) is 0 Å². The van der Waals surface area contributed by atoms with Gasteiger partial charge in [-0.25, -0.2) is 4.79 Å². The highest BCUT2D eigenvalue weighted by molar-refractivity contribution is 7.88. The Kier molecular flexibility index (Phi) is 9.33. The van der Waals surface area contributed by atoms with Crippen molar-refractivity contribution in [3.63, 3.8) is 0 Å². The number of anilines is 1. The number of carbonyl (C=O) groups excluding carboxylic acids is 3. The largest absolute Gasteiger partial charge is 0.422 e. The summed E-state index contributed by atoms with van der Waals surface area (Å²) in [6.45, 7) is 3.79. The Hall–Kier alpha value is -3.61. The maximum absolute atomic E-state index is 12.7. The Morgan fingerprint density at radius 3 is 2.38 bits per heavy atom. The number of hydrogen-bond donors (Lipinski definition) is 1. The van der Waals surface area contributed by atoms with Crippen LogP contribution >= 0.6 is 11.3 Å². The van der Waals surface area contributed by atoms with E-state index < -0.39 is 15.7 Å². The third kappa shape index (κ3) is 7.12. The van der Waals surface area contributed by atoms with Crippen LogP contribution in [-0.2, 0) is 24.5 Å². The summed E-state index contributed by atoms with van der Waals surface area (Å²) in [5, 5.41) is 0.685. The molecule has 0 spiro atoms. The van der Waals surface area contributed by atoms with Gasteiger partial charge in [0.05, 0.1) is 5.56 Å². The van der Waals surface area contributed by atoms with E-state index >= 15 is 0 Å². The summed E-state index contributed by atoms with van der Waals surface area (Å²) in [6.07, 6.45) is 6.27. The number of fused-ring (bicyclic) bond motifs is 1. The normalized spacial score (nSPS) is 13.5. The van der Waals surface area contributed by atoms with Crippen LogP contribution in [0.4, 0.5) is 5.69 Å². The molecule has 1 N–H and O–H groups in total. The molecular formula is C28H30N2O8S2. The van der Waals surface area contributed by atoms with Gasteiger partial charge >= 0.3 is 15.7 Å². The van der Waals surface area contributed by atoms with Gasteiger partial charge in [-0.1, -0.05) is 6.42 Å². The second kappa shape index (κ2) is 12.7. The number of amides is 2. The zero-order valence-corrected chi connectivity index (χ0v) is 23.6. The minimum atomic E-state index is -4.35. The van der Waals surface area contributed by atoms with Crippen molar-refractivity contribution >= 4 is 55.7 Å². The summed E-state index contributed by atoms with van der Waals surface area (Å²) >= 11 is 0.795. The van der Waals surface area contributed by atoms with Crippen molar-refractivity contribution in [1.82, 2.24) is 4.90 Å². The molecule has 3 aromatic rings. The van der Waals surface area contributed by atoms with Crippen LogP contribution in [0, 0.1) is 0 Å². The fourth-order valence-electron chi connectivity index (χ4n) is 4.55. The van der Waals surface area contributed by atoms with Gasteiger partial charge in [-0.2, -0.15) is 8.42 Å². The second-order valence-electron chi connectivity index (χ2n) is 9.46. The Morgan fingerprint density at radius 1 is 0.975 bits per heavy atom. The van der Waals surface area contributed by atoms with Crippen molar-refractivity contribution < 1.29 is 31.8 Å². The number of nitrogens with zero attached hydrogens (tertiary/aromatic N) is 2. The topological polar surface area (TPSA) is 142 Å². The van der Waals surface area contributed by atoms with Crippen LogP contribution in [0.1, 0.15) is 45.4 Å². The number of hydrogen-bond acceptors (Lipinski definition) is 9. The molecule has 2 aromatic heterocycles. The summed E-state index contributed by atoms with van der Waals surface area (Å²) < 4.78 is 37.3. The van der Waals surface area contributed by atoms with Gasteiger partial charge in [-0.3, -0.25) is 23.8 Å². The Bertz CT molecular complexity index is 1600. The van der Waals surface area contributed by atoms with E-state index in [1.807, 2.05) is 19.1 Å². The molecule has 0 radical (unpaired) electrons. The van der Waals surface area contributed by atoms with Crippen molar-refractivity contribution in [3.8, 4) is 10.4 Å². The Labute approximate surface area is 235 Å². The van der Waals surface area contributed by atoms with Crippen molar-refractivity contribution in [1.29, 1.82) is 0 Å². The lowest BCUT2D eigenvalue weighted by molar-refractivity contribution is -0.137. The lowest BCUT2D eigenvalue weighted by Crippen LogP contribution is -2.31. The van der Waals surface area contributed by atoms with E-state index in [1.165, 1.54) is 24.3 Å². The van der Waals surface area contributed by atoms with Gasteiger partial charge in [0.2, 0.25) is 0 Å². The first-order valence-corrected chi connectivity index (χ1v) is 15.3. The molecule has 12 heteroatoms. The lowest BCUT2D eigenvalue weighted by atomic mass is 10.1. The fourth-order valence-corrected chi connectivity index (χ4v) is 6.23. The number of Topliss-reactive ketones (excluding diaryl/α,β-unsaturated/α-hetero) is 1. The number of thiophene rings is 1. The zero-order chi connectivity index (χ0) is 28.9. The summed E-state index contributed by atoms with van der Waals surface area (Å²) in [4.78, 5) is 51.6. The average molecular weight is 587 g/mol. The SMILES string of the molecule is CCN(CCCCCC(=O)CCCN1C(=O)C=CC1=O)c1ccc2cc(-c3ccc(S(=O)(=O)O)s3)c(=O)oc2c1. The van der Waals surface area contributed by atoms with E-state index in [2.05, 4.69) is 4.90 Å². The molecule has 40 heavy (non-hydrogen) atoms. The smallest absolute Gasteiger partial charge is 0.345 e. The molecular weight excluding hydrogens is 556 g/mol. The van der Waals surface area contributed by atoms with Gasteiger partial charge in [0.25, 0.3) is 11.8 Å². The number of ketones is 1. The van der Waals surface area contributed by atoms with Crippen LogP contribution in [0.15, 0.2) is 62.0 Å². The highest BCUT2D eigenvalue weighted by atomic mass is 32.3. The molecule has 3 heterocycles. The molecule has 0 aliphatic carbocycles. The van der Waals surface area contributed by atoms with Gasteiger partial charge in [0, 0.05) is 66.6 Å².